The topological polar surface area (TPSA) is 60.2 Å². The smallest absolute Gasteiger partial charge is 0.150 e. The summed E-state index contributed by atoms with van der Waals surface area (Å²) in [6, 6.07) is 4.34. The number of rotatable bonds is 6. The van der Waals surface area contributed by atoms with E-state index in [0.717, 1.165) is 4.90 Å². The molecule has 0 aromatic heterocycles. The number of thioether (sulfide) groups is 1. The van der Waals surface area contributed by atoms with E-state index >= 15 is 0 Å². The molecule has 6 heteroatoms. The predicted molar refractivity (Wildman–Crippen MR) is 70.5 cm³/mol. The van der Waals surface area contributed by atoms with Crippen LogP contribution in [0, 0.1) is 5.82 Å². The fourth-order valence-corrected chi connectivity index (χ4v) is 3.28. The number of sulfone groups is 1. The molecule has 17 heavy (non-hydrogen) atoms. The van der Waals surface area contributed by atoms with Crippen molar-refractivity contribution in [3.05, 3.63) is 24.0 Å². The monoisotopic (exact) mass is 277 g/mol. The Hall–Kier alpha value is -0.750. The summed E-state index contributed by atoms with van der Waals surface area (Å²) in [6.45, 7) is 1.63. The largest absolute Gasteiger partial charge is 0.399 e. The highest BCUT2D eigenvalue weighted by atomic mass is 32.2. The van der Waals surface area contributed by atoms with Crippen molar-refractivity contribution < 1.29 is 12.8 Å². The van der Waals surface area contributed by atoms with Crippen LogP contribution in [-0.4, -0.2) is 25.7 Å². The molecule has 0 bridgehead atoms. The SMILES string of the molecule is CCS(=O)(=O)CCCSc1cc(N)cc(F)c1. The molecule has 0 saturated carbocycles. The van der Waals surface area contributed by atoms with Crippen LogP contribution in [0.25, 0.3) is 0 Å². The number of benzene rings is 1. The normalized spacial score (nSPS) is 11.6. The Labute approximate surface area is 106 Å². The summed E-state index contributed by atoms with van der Waals surface area (Å²) in [7, 11) is -2.90. The van der Waals surface area contributed by atoms with Crippen LogP contribution in [0.4, 0.5) is 10.1 Å². The standard InChI is InChI=1S/C11H16FNO2S2/c1-2-17(14,15)5-3-4-16-11-7-9(12)6-10(13)8-11/h6-8H,2-5,13H2,1H3. The van der Waals surface area contributed by atoms with Gasteiger partial charge in [0.15, 0.2) is 0 Å². The third-order valence-corrected chi connectivity index (χ3v) is 5.05. The summed E-state index contributed by atoms with van der Waals surface area (Å²) in [5.74, 6) is 0.627. The average Bonchev–Trinajstić information content (AvgIpc) is 2.23. The first-order valence-electron chi connectivity index (χ1n) is 5.32. The minimum atomic E-state index is -2.90. The van der Waals surface area contributed by atoms with Gasteiger partial charge in [0.1, 0.15) is 15.7 Å². The predicted octanol–water partition coefficient (Wildman–Crippen LogP) is 2.32. The fraction of sp³-hybridized carbons (Fsp3) is 0.455. The van der Waals surface area contributed by atoms with Gasteiger partial charge in [-0.25, -0.2) is 12.8 Å². The van der Waals surface area contributed by atoms with Crippen molar-refractivity contribution >= 4 is 27.3 Å². The van der Waals surface area contributed by atoms with Crippen LogP contribution in [0.5, 0.6) is 0 Å². The minimum Gasteiger partial charge on any atom is -0.399 e. The average molecular weight is 277 g/mol. The van der Waals surface area contributed by atoms with E-state index in [4.69, 9.17) is 5.73 Å². The first-order valence-corrected chi connectivity index (χ1v) is 8.13. The molecule has 0 radical (unpaired) electrons. The lowest BCUT2D eigenvalue weighted by Crippen LogP contribution is -2.09. The van der Waals surface area contributed by atoms with E-state index < -0.39 is 9.84 Å². The number of nitrogens with two attached hydrogens (primary N) is 1. The highest BCUT2D eigenvalue weighted by Gasteiger charge is 2.07. The second-order valence-corrected chi connectivity index (χ2v) is 7.30. The first-order chi connectivity index (χ1) is 7.93. The summed E-state index contributed by atoms with van der Waals surface area (Å²) < 4.78 is 35.5. The van der Waals surface area contributed by atoms with Crippen molar-refractivity contribution in [1.82, 2.24) is 0 Å². The summed E-state index contributed by atoms with van der Waals surface area (Å²) in [5.41, 5.74) is 5.89. The zero-order valence-electron chi connectivity index (χ0n) is 9.65. The van der Waals surface area contributed by atoms with E-state index in [1.165, 1.54) is 23.9 Å². The molecule has 2 N–H and O–H groups in total. The molecule has 0 saturated heterocycles. The van der Waals surface area contributed by atoms with Crippen molar-refractivity contribution in [2.45, 2.75) is 18.2 Å². The lowest BCUT2D eigenvalue weighted by molar-refractivity contribution is 0.596. The molecule has 0 spiro atoms. The van der Waals surface area contributed by atoms with Crippen LogP contribution in [-0.2, 0) is 9.84 Å². The van der Waals surface area contributed by atoms with Gasteiger partial charge in [-0.2, -0.15) is 0 Å². The Morgan fingerprint density at radius 2 is 2.06 bits per heavy atom. The third-order valence-electron chi connectivity index (χ3n) is 2.20. The minimum absolute atomic E-state index is 0.171. The zero-order valence-corrected chi connectivity index (χ0v) is 11.3. The molecule has 96 valence electrons. The number of halogens is 1. The second-order valence-electron chi connectivity index (χ2n) is 3.66. The highest BCUT2D eigenvalue weighted by Crippen LogP contribution is 2.22. The number of hydrogen-bond acceptors (Lipinski definition) is 4. The van der Waals surface area contributed by atoms with Gasteiger partial charge in [-0.15, -0.1) is 11.8 Å². The molecule has 0 heterocycles. The maximum atomic E-state index is 13.0. The van der Waals surface area contributed by atoms with E-state index in [1.807, 2.05) is 0 Å². The Morgan fingerprint density at radius 1 is 1.35 bits per heavy atom. The molecule has 0 amide bonds. The van der Waals surface area contributed by atoms with Crippen LogP contribution < -0.4 is 5.73 Å². The molecule has 0 aliphatic heterocycles. The first kappa shape index (κ1) is 14.3. The van der Waals surface area contributed by atoms with Crippen LogP contribution >= 0.6 is 11.8 Å². The molecule has 0 atom stereocenters. The van der Waals surface area contributed by atoms with E-state index in [-0.39, 0.29) is 17.3 Å². The Bertz CT molecular complexity index is 454. The molecule has 1 aromatic rings. The van der Waals surface area contributed by atoms with E-state index in [2.05, 4.69) is 0 Å². The van der Waals surface area contributed by atoms with Crippen molar-refractivity contribution in [3.63, 3.8) is 0 Å². The molecule has 0 aliphatic carbocycles. The van der Waals surface area contributed by atoms with Gasteiger partial charge < -0.3 is 5.73 Å². The second kappa shape index (κ2) is 6.26. The van der Waals surface area contributed by atoms with Crippen LogP contribution in [0.15, 0.2) is 23.1 Å². The summed E-state index contributed by atoms with van der Waals surface area (Å²) in [6.07, 6.45) is 0.567. The molecule has 0 aliphatic rings. The maximum Gasteiger partial charge on any atom is 0.150 e. The van der Waals surface area contributed by atoms with Crippen molar-refractivity contribution in [2.24, 2.45) is 0 Å². The third kappa shape index (κ3) is 5.41. The zero-order chi connectivity index (χ0) is 12.9. The van der Waals surface area contributed by atoms with Gasteiger partial charge in [0.2, 0.25) is 0 Å². The summed E-state index contributed by atoms with van der Waals surface area (Å²) in [4.78, 5) is 0.733. The van der Waals surface area contributed by atoms with Crippen LogP contribution in [0.1, 0.15) is 13.3 Å². The Kier molecular flexibility index (Phi) is 5.27. The summed E-state index contributed by atoms with van der Waals surface area (Å²) >= 11 is 1.42. The molecular formula is C11H16FNO2S2. The van der Waals surface area contributed by atoms with Gasteiger partial charge in [0, 0.05) is 16.3 Å². The van der Waals surface area contributed by atoms with Gasteiger partial charge in [0.05, 0.1) is 5.75 Å². The number of nitrogen functional groups attached to an aromatic ring is 1. The molecule has 3 nitrogen and oxygen atoms in total. The van der Waals surface area contributed by atoms with Gasteiger partial charge in [-0.05, 0) is 30.4 Å². The molecule has 0 fully saturated rings. The lowest BCUT2D eigenvalue weighted by Gasteiger charge is -2.03. The fourth-order valence-electron chi connectivity index (χ4n) is 1.28. The van der Waals surface area contributed by atoms with Gasteiger partial charge in [-0.1, -0.05) is 6.92 Å². The van der Waals surface area contributed by atoms with Crippen LogP contribution in [0.3, 0.4) is 0 Å². The molecular weight excluding hydrogens is 261 g/mol. The van der Waals surface area contributed by atoms with Crippen molar-refractivity contribution in [2.75, 3.05) is 23.0 Å². The lowest BCUT2D eigenvalue weighted by atomic mass is 10.3. The highest BCUT2D eigenvalue weighted by molar-refractivity contribution is 7.99. The molecule has 1 rings (SSSR count). The maximum absolute atomic E-state index is 13.0. The van der Waals surface area contributed by atoms with E-state index in [1.54, 1.807) is 13.0 Å². The summed E-state index contributed by atoms with van der Waals surface area (Å²) in [5, 5.41) is 0. The van der Waals surface area contributed by atoms with Gasteiger partial charge in [-0.3, -0.25) is 0 Å². The number of anilines is 1. The van der Waals surface area contributed by atoms with Gasteiger partial charge >= 0.3 is 0 Å². The Morgan fingerprint density at radius 3 is 2.65 bits per heavy atom. The molecule has 1 aromatic carbocycles. The van der Waals surface area contributed by atoms with Gasteiger partial charge in [0.25, 0.3) is 0 Å². The number of hydrogen-bond donors (Lipinski definition) is 1. The van der Waals surface area contributed by atoms with E-state index in [9.17, 15) is 12.8 Å². The molecule has 0 unspecified atom stereocenters. The van der Waals surface area contributed by atoms with Crippen molar-refractivity contribution in [1.29, 1.82) is 0 Å². The van der Waals surface area contributed by atoms with Crippen LogP contribution in [0.2, 0.25) is 0 Å². The van der Waals surface area contributed by atoms with Crippen molar-refractivity contribution in [3.8, 4) is 0 Å². The quantitative estimate of drug-likeness (QED) is 0.492. The Balaban J connectivity index is 2.41. The van der Waals surface area contributed by atoms with E-state index in [0.29, 0.717) is 17.9 Å².